The van der Waals surface area contributed by atoms with Gasteiger partial charge < -0.3 is 10.6 Å². The van der Waals surface area contributed by atoms with Gasteiger partial charge in [-0.25, -0.2) is 4.98 Å². The maximum absolute atomic E-state index is 12.5. The molecule has 2 aromatic rings. The van der Waals surface area contributed by atoms with Crippen molar-refractivity contribution in [3.63, 3.8) is 0 Å². The van der Waals surface area contributed by atoms with E-state index in [1.54, 1.807) is 16.8 Å². The van der Waals surface area contributed by atoms with Gasteiger partial charge in [0.2, 0.25) is 11.8 Å². The second-order valence-corrected chi connectivity index (χ2v) is 5.68. The molecule has 7 heteroatoms. The van der Waals surface area contributed by atoms with Crippen LogP contribution in [0, 0.1) is 12.3 Å². The Hall–Kier alpha value is -2.44. The van der Waals surface area contributed by atoms with Crippen LogP contribution in [0.1, 0.15) is 25.5 Å². The molecule has 2 N–H and O–H groups in total. The summed E-state index contributed by atoms with van der Waals surface area (Å²) in [5, 5.41) is 9.96. The quantitative estimate of drug-likeness (QED) is 0.858. The number of carbonyl (C=O) groups excluding carboxylic acids is 2. The van der Waals surface area contributed by atoms with Crippen molar-refractivity contribution in [2.75, 3.05) is 11.9 Å². The largest absolute Gasteiger partial charge is 0.355 e. The third-order valence-electron chi connectivity index (χ3n) is 3.85. The molecule has 21 heavy (non-hydrogen) atoms. The molecular weight excluding hydrogens is 270 g/mol. The highest BCUT2D eigenvalue weighted by atomic mass is 16.2. The number of hydrogen-bond donors (Lipinski definition) is 2. The fourth-order valence-electron chi connectivity index (χ4n) is 2.43. The van der Waals surface area contributed by atoms with Gasteiger partial charge in [0.1, 0.15) is 5.82 Å². The van der Waals surface area contributed by atoms with Crippen molar-refractivity contribution in [3.05, 3.63) is 24.0 Å². The zero-order valence-electron chi connectivity index (χ0n) is 12.0. The van der Waals surface area contributed by atoms with E-state index in [0.29, 0.717) is 30.9 Å². The summed E-state index contributed by atoms with van der Waals surface area (Å²) in [4.78, 5) is 28.0. The molecule has 2 amide bonds. The third kappa shape index (κ3) is 2.46. The van der Waals surface area contributed by atoms with Crippen molar-refractivity contribution in [3.8, 4) is 0 Å². The van der Waals surface area contributed by atoms with Crippen LogP contribution in [0.2, 0.25) is 0 Å². The lowest BCUT2D eigenvalue weighted by Crippen LogP contribution is -2.48. The first-order valence-corrected chi connectivity index (χ1v) is 6.87. The van der Waals surface area contributed by atoms with Gasteiger partial charge in [-0.3, -0.25) is 9.59 Å². The highest BCUT2D eigenvalue weighted by Crippen LogP contribution is 2.27. The number of fused-ring (bicyclic) bond motifs is 1. The molecule has 7 nitrogen and oxygen atoms in total. The Balaban J connectivity index is 1.85. The van der Waals surface area contributed by atoms with Gasteiger partial charge in [0, 0.05) is 25.2 Å². The fraction of sp³-hybridized carbons (Fsp3) is 0.429. The van der Waals surface area contributed by atoms with Gasteiger partial charge in [0.15, 0.2) is 5.65 Å². The summed E-state index contributed by atoms with van der Waals surface area (Å²) >= 11 is 0. The number of anilines is 1. The van der Waals surface area contributed by atoms with E-state index in [2.05, 4.69) is 20.7 Å². The summed E-state index contributed by atoms with van der Waals surface area (Å²) in [6.45, 7) is 4.08. The molecule has 0 radical (unpaired) electrons. The highest BCUT2D eigenvalue weighted by Gasteiger charge is 2.37. The molecule has 0 saturated carbocycles. The summed E-state index contributed by atoms with van der Waals surface area (Å²) in [5.41, 5.74) is 0.916. The zero-order chi connectivity index (χ0) is 15.0. The second-order valence-electron chi connectivity index (χ2n) is 5.68. The van der Waals surface area contributed by atoms with E-state index in [1.807, 2.05) is 19.9 Å². The minimum Gasteiger partial charge on any atom is -0.355 e. The number of aryl methyl sites for hydroxylation is 1. The average molecular weight is 287 g/mol. The maximum atomic E-state index is 12.5. The van der Waals surface area contributed by atoms with Crippen LogP contribution in [0.25, 0.3) is 5.65 Å². The lowest BCUT2D eigenvalue weighted by Gasteiger charge is -2.32. The van der Waals surface area contributed by atoms with Gasteiger partial charge in [-0.05, 0) is 26.3 Å². The van der Waals surface area contributed by atoms with Crippen molar-refractivity contribution < 1.29 is 9.59 Å². The molecule has 1 unspecified atom stereocenters. The molecule has 1 aliphatic rings. The van der Waals surface area contributed by atoms with E-state index in [9.17, 15) is 9.59 Å². The number of piperidine rings is 1. The SMILES string of the molecule is Cc1cc2nccc(NC(=O)C3(C)CCC(=O)NC3)n2n1. The van der Waals surface area contributed by atoms with Gasteiger partial charge in [0.25, 0.3) is 0 Å². The molecular formula is C14H17N5O2. The molecule has 1 atom stereocenters. The fourth-order valence-corrected chi connectivity index (χ4v) is 2.43. The van der Waals surface area contributed by atoms with Crippen LogP contribution in [-0.4, -0.2) is 33.0 Å². The molecule has 3 heterocycles. The molecule has 3 rings (SSSR count). The topological polar surface area (TPSA) is 88.4 Å². The first-order chi connectivity index (χ1) is 9.98. The van der Waals surface area contributed by atoms with Crippen LogP contribution in [-0.2, 0) is 9.59 Å². The molecule has 0 aromatic carbocycles. The number of amides is 2. The van der Waals surface area contributed by atoms with Crippen molar-refractivity contribution in [2.24, 2.45) is 5.41 Å². The summed E-state index contributed by atoms with van der Waals surface area (Å²) in [6, 6.07) is 3.56. The Kier molecular flexibility index (Phi) is 3.12. The van der Waals surface area contributed by atoms with Gasteiger partial charge in [-0.1, -0.05) is 0 Å². The lowest BCUT2D eigenvalue weighted by molar-refractivity contribution is -0.130. The smallest absolute Gasteiger partial charge is 0.233 e. The van der Waals surface area contributed by atoms with E-state index >= 15 is 0 Å². The van der Waals surface area contributed by atoms with E-state index < -0.39 is 5.41 Å². The Morgan fingerprint density at radius 1 is 1.52 bits per heavy atom. The van der Waals surface area contributed by atoms with E-state index in [1.165, 1.54) is 0 Å². The molecule has 1 aliphatic heterocycles. The number of carbonyl (C=O) groups is 2. The van der Waals surface area contributed by atoms with E-state index in [0.717, 1.165) is 5.69 Å². The molecule has 110 valence electrons. The van der Waals surface area contributed by atoms with Gasteiger partial charge in [-0.15, -0.1) is 0 Å². The first-order valence-electron chi connectivity index (χ1n) is 6.87. The molecule has 2 aromatic heterocycles. The monoisotopic (exact) mass is 287 g/mol. The second kappa shape index (κ2) is 4.83. The van der Waals surface area contributed by atoms with Crippen LogP contribution in [0.5, 0.6) is 0 Å². The summed E-state index contributed by atoms with van der Waals surface area (Å²) in [7, 11) is 0. The Bertz CT molecular complexity index is 711. The molecule has 0 bridgehead atoms. The first kappa shape index (κ1) is 13.5. The third-order valence-corrected chi connectivity index (χ3v) is 3.85. The van der Waals surface area contributed by atoms with E-state index in [4.69, 9.17) is 0 Å². The van der Waals surface area contributed by atoms with Gasteiger partial charge >= 0.3 is 0 Å². The van der Waals surface area contributed by atoms with Crippen LogP contribution in [0.4, 0.5) is 5.82 Å². The highest BCUT2D eigenvalue weighted by molar-refractivity contribution is 5.96. The summed E-state index contributed by atoms with van der Waals surface area (Å²) < 4.78 is 1.61. The Morgan fingerprint density at radius 3 is 3.05 bits per heavy atom. The van der Waals surface area contributed by atoms with E-state index in [-0.39, 0.29) is 11.8 Å². The molecule has 1 fully saturated rings. The van der Waals surface area contributed by atoms with Gasteiger partial charge in [0.05, 0.1) is 11.1 Å². The molecule has 1 saturated heterocycles. The minimum absolute atomic E-state index is 0.00530. The Labute approximate surface area is 121 Å². The summed E-state index contributed by atoms with van der Waals surface area (Å²) in [6.07, 6.45) is 2.55. The average Bonchev–Trinajstić information content (AvgIpc) is 2.83. The van der Waals surface area contributed by atoms with Crippen LogP contribution < -0.4 is 10.6 Å². The van der Waals surface area contributed by atoms with Crippen molar-refractivity contribution in [2.45, 2.75) is 26.7 Å². The summed E-state index contributed by atoms with van der Waals surface area (Å²) in [5.74, 6) is 0.452. The van der Waals surface area contributed by atoms with Crippen LogP contribution in [0.3, 0.4) is 0 Å². The van der Waals surface area contributed by atoms with Crippen molar-refractivity contribution in [1.29, 1.82) is 0 Å². The minimum atomic E-state index is -0.605. The number of hydrogen-bond acceptors (Lipinski definition) is 4. The normalized spacial score (nSPS) is 22.1. The van der Waals surface area contributed by atoms with Crippen molar-refractivity contribution in [1.82, 2.24) is 19.9 Å². The van der Waals surface area contributed by atoms with Crippen LogP contribution >= 0.6 is 0 Å². The predicted octanol–water partition coefficient (Wildman–Crippen LogP) is 0.893. The van der Waals surface area contributed by atoms with Crippen LogP contribution in [0.15, 0.2) is 18.3 Å². The number of rotatable bonds is 2. The standard InChI is InChI=1S/C14H17N5O2/c1-9-7-11-15-6-4-10(19(11)18-9)17-13(21)14(2)5-3-12(20)16-8-14/h4,6-7H,3,5,8H2,1-2H3,(H,16,20)(H,17,21). The molecule has 0 spiro atoms. The lowest BCUT2D eigenvalue weighted by atomic mass is 9.81. The predicted molar refractivity (Wildman–Crippen MR) is 76.7 cm³/mol. The zero-order valence-corrected chi connectivity index (χ0v) is 12.0. The van der Waals surface area contributed by atoms with Crippen molar-refractivity contribution >= 4 is 23.3 Å². The van der Waals surface area contributed by atoms with Gasteiger partial charge in [-0.2, -0.15) is 9.61 Å². The number of nitrogens with zero attached hydrogens (tertiary/aromatic N) is 3. The number of aromatic nitrogens is 3. The maximum Gasteiger partial charge on any atom is 0.233 e. The number of nitrogens with one attached hydrogen (secondary N) is 2. The Morgan fingerprint density at radius 2 is 2.33 bits per heavy atom. The molecule has 0 aliphatic carbocycles.